The van der Waals surface area contributed by atoms with Crippen molar-refractivity contribution < 1.29 is 9.59 Å². The normalized spacial score (nSPS) is 11.9. The highest BCUT2D eigenvalue weighted by Crippen LogP contribution is 2.21. The number of carbonyl (C=O) groups is 2. The van der Waals surface area contributed by atoms with Crippen molar-refractivity contribution >= 4 is 23.4 Å². The number of hydrogen-bond acceptors (Lipinski definition) is 2. The second-order valence-electron chi connectivity index (χ2n) is 7.83. The topological polar surface area (TPSA) is 49.4 Å². The van der Waals surface area contributed by atoms with Crippen LogP contribution in [0.15, 0.2) is 48.5 Å². The highest BCUT2D eigenvalue weighted by atomic mass is 35.5. The predicted octanol–water partition coefficient (Wildman–Crippen LogP) is 5.34. The highest BCUT2D eigenvalue weighted by Gasteiger charge is 2.28. The molecule has 0 saturated heterocycles. The molecule has 0 radical (unpaired) electrons. The molecule has 2 aromatic rings. The maximum absolute atomic E-state index is 13.2. The largest absolute Gasteiger partial charge is 0.355 e. The Hall–Kier alpha value is -2.33. The van der Waals surface area contributed by atoms with Crippen molar-refractivity contribution in [1.29, 1.82) is 0 Å². The van der Waals surface area contributed by atoms with E-state index in [1.165, 1.54) is 5.56 Å². The number of amides is 2. The third kappa shape index (κ3) is 6.60. The smallest absolute Gasteiger partial charge is 0.242 e. The van der Waals surface area contributed by atoms with E-state index >= 15 is 0 Å². The molecule has 0 heterocycles. The van der Waals surface area contributed by atoms with Gasteiger partial charge in [-0.3, -0.25) is 9.59 Å². The van der Waals surface area contributed by atoms with Gasteiger partial charge < -0.3 is 10.2 Å². The Labute approximate surface area is 185 Å². The van der Waals surface area contributed by atoms with E-state index in [2.05, 4.69) is 43.4 Å². The van der Waals surface area contributed by atoms with Gasteiger partial charge in [0.15, 0.2) is 0 Å². The molecule has 2 rings (SSSR count). The zero-order chi connectivity index (χ0) is 22.1. The molecule has 0 aliphatic heterocycles. The summed E-state index contributed by atoms with van der Waals surface area (Å²) in [6.45, 7) is 8.99. The molecule has 0 aliphatic rings. The van der Waals surface area contributed by atoms with Crippen LogP contribution in [0.5, 0.6) is 0 Å². The molecule has 2 amide bonds. The molecule has 0 bridgehead atoms. The molecule has 4 nitrogen and oxygen atoms in total. The summed E-state index contributed by atoms with van der Waals surface area (Å²) in [5, 5.41) is 3.46. The van der Waals surface area contributed by atoms with Crippen LogP contribution < -0.4 is 5.32 Å². The number of nitrogens with zero attached hydrogens (tertiary/aromatic N) is 1. The van der Waals surface area contributed by atoms with E-state index in [4.69, 9.17) is 11.6 Å². The predicted molar refractivity (Wildman–Crippen MR) is 124 cm³/mol. The summed E-state index contributed by atoms with van der Waals surface area (Å²) >= 11 is 6.34. The van der Waals surface area contributed by atoms with Gasteiger partial charge in [-0.15, -0.1) is 0 Å². The van der Waals surface area contributed by atoms with Crippen LogP contribution in [0.25, 0.3) is 0 Å². The van der Waals surface area contributed by atoms with Crippen LogP contribution >= 0.6 is 11.6 Å². The third-order valence-corrected chi connectivity index (χ3v) is 5.68. The van der Waals surface area contributed by atoms with Gasteiger partial charge in [-0.2, -0.15) is 0 Å². The van der Waals surface area contributed by atoms with E-state index in [-0.39, 0.29) is 11.8 Å². The molecule has 0 aliphatic carbocycles. The van der Waals surface area contributed by atoms with Crippen LogP contribution in [-0.4, -0.2) is 29.3 Å². The van der Waals surface area contributed by atoms with Crippen LogP contribution in [0, 0.1) is 0 Å². The second kappa shape index (κ2) is 11.8. The van der Waals surface area contributed by atoms with Gasteiger partial charge >= 0.3 is 0 Å². The van der Waals surface area contributed by atoms with Crippen molar-refractivity contribution in [3.05, 3.63) is 70.2 Å². The molecule has 2 aromatic carbocycles. The quantitative estimate of drug-likeness (QED) is 0.555. The summed E-state index contributed by atoms with van der Waals surface area (Å²) in [6, 6.07) is 15.4. The van der Waals surface area contributed by atoms with Gasteiger partial charge in [-0.05, 0) is 48.4 Å². The minimum Gasteiger partial charge on any atom is -0.355 e. The van der Waals surface area contributed by atoms with Crippen LogP contribution in [-0.2, 0) is 22.6 Å². The van der Waals surface area contributed by atoms with Crippen LogP contribution in [0.3, 0.4) is 0 Å². The molecular weight excluding hydrogens is 396 g/mol. The van der Waals surface area contributed by atoms with Gasteiger partial charge in [0.1, 0.15) is 6.04 Å². The van der Waals surface area contributed by atoms with Gasteiger partial charge in [0.05, 0.1) is 0 Å². The summed E-state index contributed by atoms with van der Waals surface area (Å²) in [5.74, 6) is 0.317. The molecule has 0 aromatic heterocycles. The average Bonchev–Trinajstić information content (AvgIpc) is 2.73. The van der Waals surface area contributed by atoms with E-state index in [0.717, 1.165) is 11.1 Å². The lowest BCUT2D eigenvalue weighted by Gasteiger charge is -2.31. The van der Waals surface area contributed by atoms with Crippen molar-refractivity contribution in [3.63, 3.8) is 0 Å². The fourth-order valence-corrected chi connectivity index (χ4v) is 3.68. The van der Waals surface area contributed by atoms with Crippen molar-refractivity contribution in [2.24, 2.45) is 0 Å². The molecule has 30 heavy (non-hydrogen) atoms. The molecular formula is C25H33ClN2O2. The summed E-state index contributed by atoms with van der Waals surface area (Å²) in [6.07, 6.45) is 1.54. The Morgan fingerprint density at radius 3 is 2.27 bits per heavy atom. The minimum absolute atomic E-state index is 0.0408. The third-order valence-electron chi connectivity index (χ3n) is 5.31. The molecule has 1 atom stereocenters. The average molecular weight is 429 g/mol. The van der Waals surface area contributed by atoms with Gasteiger partial charge in [0.2, 0.25) is 11.8 Å². The molecule has 1 unspecified atom stereocenters. The van der Waals surface area contributed by atoms with E-state index in [9.17, 15) is 9.59 Å². The van der Waals surface area contributed by atoms with Gasteiger partial charge in [-0.25, -0.2) is 0 Å². The fraction of sp³-hybridized carbons (Fsp3) is 0.440. The second-order valence-corrected chi connectivity index (χ2v) is 8.24. The lowest BCUT2D eigenvalue weighted by atomic mass is 10.00. The Kier molecular flexibility index (Phi) is 9.38. The van der Waals surface area contributed by atoms with E-state index in [0.29, 0.717) is 43.3 Å². The number of likely N-dealkylation sites (N-methyl/N-ethyl adjacent to an activating group) is 1. The molecule has 162 valence electrons. The summed E-state index contributed by atoms with van der Waals surface area (Å²) in [5.41, 5.74) is 3.25. The Bertz CT molecular complexity index is 833. The summed E-state index contributed by atoms with van der Waals surface area (Å²) < 4.78 is 0. The van der Waals surface area contributed by atoms with Crippen LogP contribution in [0.1, 0.15) is 63.1 Å². The molecule has 0 spiro atoms. The van der Waals surface area contributed by atoms with Crippen molar-refractivity contribution in [3.8, 4) is 0 Å². The monoisotopic (exact) mass is 428 g/mol. The Morgan fingerprint density at radius 2 is 1.70 bits per heavy atom. The van der Waals surface area contributed by atoms with Crippen molar-refractivity contribution in [1.82, 2.24) is 10.2 Å². The number of rotatable bonds is 10. The maximum atomic E-state index is 13.2. The zero-order valence-corrected chi connectivity index (χ0v) is 19.2. The molecule has 1 N–H and O–H groups in total. The Balaban J connectivity index is 2.18. The molecule has 0 fully saturated rings. The van der Waals surface area contributed by atoms with E-state index < -0.39 is 6.04 Å². The number of carbonyl (C=O) groups excluding carboxylic acids is 2. The van der Waals surface area contributed by atoms with Gasteiger partial charge in [0, 0.05) is 24.5 Å². The molecule has 0 saturated carbocycles. The van der Waals surface area contributed by atoms with E-state index in [1.54, 1.807) is 4.90 Å². The first-order chi connectivity index (χ1) is 14.4. The van der Waals surface area contributed by atoms with Crippen LogP contribution in [0.2, 0.25) is 5.02 Å². The lowest BCUT2D eigenvalue weighted by Crippen LogP contribution is -2.49. The number of hydrogen-bond donors (Lipinski definition) is 1. The number of aryl methyl sites for hydroxylation is 1. The number of nitrogens with one attached hydrogen (secondary N) is 1. The van der Waals surface area contributed by atoms with Crippen molar-refractivity contribution in [2.45, 2.75) is 65.5 Å². The maximum Gasteiger partial charge on any atom is 0.242 e. The standard InChI is InChI=1S/C25H33ClN2O2/c1-5-23(25(30)27-6-2)28(17-21-9-7-8-10-22(21)26)24(29)16-13-19-11-14-20(15-12-19)18(3)4/h7-12,14-15,18,23H,5-6,13,16-17H2,1-4H3,(H,27,30). The number of halogens is 1. The van der Waals surface area contributed by atoms with Crippen LogP contribution in [0.4, 0.5) is 0 Å². The van der Waals surface area contributed by atoms with E-state index in [1.807, 2.05) is 38.1 Å². The van der Waals surface area contributed by atoms with Gasteiger partial charge in [0.25, 0.3) is 0 Å². The lowest BCUT2D eigenvalue weighted by molar-refractivity contribution is -0.141. The summed E-state index contributed by atoms with van der Waals surface area (Å²) in [7, 11) is 0. The Morgan fingerprint density at radius 1 is 1.03 bits per heavy atom. The van der Waals surface area contributed by atoms with Gasteiger partial charge in [-0.1, -0.05) is 74.8 Å². The first kappa shape index (κ1) is 23.9. The fourth-order valence-electron chi connectivity index (χ4n) is 3.49. The minimum atomic E-state index is -0.517. The summed E-state index contributed by atoms with van der Waals surface area (Å²) in [4.78, 5) is 27.5. The zero-order valence-electron chi connectivity index (χ0n) is 18.5. The number of benzene rings is 2. The highest BCUT2D eigenvalue weighted by molar-refractivity contribution is 6.31. The first-order valence-corrected chi connectivity index (χ1v) is 11.1. The van der Waals surface area contributed by atoms with Crippen molar-refractivity contribution in [2.75, 3.05) is 6.54 Å². The SMILES string of the molecule is CCNC(=O)C(CC)N(Cc1ccccc1Cl)C(=O)CCc1ccc(C(C)C)cc1. The first-order valence-electron chi connectivity index (χ1n) is 10.8. The molecule has 5 heteroatoms.